The maximum atomic E-state index is 12.7. The van der Waals surface area contributed by atoms with E-state index in [1.54, 1.807) is 18.5 Å². The van der Waals surface area contributed by atoms with Gasteiger partial charge in [0.05, 0.1) is 12.6 Å². The van der Waals surface area contributed by atoms with Crippen molar-refractivity contribution in [1.29, 1.82) is 0 Å². The number of rotatable bonds is 6. The van der Waals surface area contributed by atoms with E-state index in [1.807, 2.05) is 13.8 Å². The van der Waals surface area contributed by atoms with Crippen molar-refractivity contribution in [3.8, 4) is 17.9 Å². The summed E-state index contributed by atoms with van der Waals surface area (Å²) in [6.07, 6.45) is -0.0894. The molecule has 0 bridgehead atoms. The zero-order valence-electron chi connectivity index (χ0n) is 13.9. The predicted octanol–water partition coefficient (Wildman–Crippen LogP) is 0.311. The average molecular weight is 318 g/mol. The molecule has 2 rings (SSSR count). The highest BCUT2D eigenvalue weighted by molar-refractivity contribution is 5.74. The smallest absolute Gasteiger partial charge is 0.301 e. The summed E-state index contributed by atoms with van der Waals surface area (Å²) in [7, 11) is 1.63. The van der Waals surface area contributed by atoms with Crippen LogP contribution in [0.1, 0.15) is 20.8 Å². The van der Waals surface area contributed by atoms with Gasteiger partial charge in [-0.05, 0) is 20.8 Å². The molecule has 0 amide bonds. The van der Waals surface area contributed by atoms with Gasteiger partial charge >= 0.3 is 6.01 Å². The molecule has 0 fully saturated rings. The third kappa shape index (κ3) is 3.46. The fourth-order valence-corrected chi connectivity index (χ4v) is 2.09. The predicted molar refractivity (Wildman–Crippen MR) is 89.5 cm³/mol. The maximum absolute atomic E-state index is 12.7. The van der Waals surface area contributed by atoms with E-state index in [9.17, 15) is 4.79 Å². The third-order valence-electron chi connectivity index (χ3n) is 3.13. The minimum atomic E-state index is -0.225. The summed E-state index contributed by atoms with van der Waals surface area (Å²) in [6, 6.07) is 0.245. The van der Waals surface area contributed by atoms with Gasteiger partial charge in [0.25, 0.3) is 5.56 Å². The molecule has 0 aliphatic heterocycles. The molecule has 0 unspecified atom stereocenters. The van der Waals surface area contributed by atoms with Crippen LogP contribution in [0.3, 0.4) is 0 Å². The van der Waals surface area contributed by atoms with Gasteiger partial charge in [-0.2, -0.15) is 9.97 Å². The van der Waals surface area contributed by atoms with Crippen LogP contribution in [-0.2, 0) is 13.6 Å². The summed E-state index contributed by atoms with van der Waals surface area (Å²) < 4.78 is 8.68. The molecule has 2 aromatic rings. The highest BCUT2D eigenvalue weighted by atomic mass is 16.5. The van der Waals surface area contributed by atoms with E-state index in [-0.39, 0.29) is 17.7 Å². The topological polar surface area (TPSA) is 100.0 Å². The average Bonchev–Trinajstić information content (AvgIpc) is 2.85. The molecule has 0 aliphatic carbocycles. The molecule has 0 radical (unpaired) electrons. The van der Waals surface area contributed by atoms with Crippen LogP contribution in [0.5, 0.6) is 6.01 Å². The number of hydrogen-bond acceptors (Lipinski definition) is 6. The second-order valence-electron chi connectivity index (χ2n) is 5.26. The lowest BCUT2D eigenvalue weighted by Crippen LogP contribution is -2.24. The SMILES string of the molecule is CC#CCn1c(NCCN)nc2nc(OC(C)C)n(C)c(=O)c21. The van der Waals surface area contributed by atoms with Gasteiger partial charge in [0, 0.05) is 20.1 Å². The molecule has 2 aromatic heterocycles. The molecular formula is C15H22N6O2. The molecular weight excluding hydrogens is 296 g/mol. The Labute approximate surface area is 134 Å². The van der Waals surface area contributed by atoms with Crippen LogP contribution in [0, 0.1) is 11.8 Å². The summed E-state index contributed by atoms with van der Waals surface area (Å²) in [4.78, 5) is 21.4. The summed E-state index contributed by atoms with van der Waals surface area (Å²) in [5, 5.41) is 3.10. The van der Waals surface area contributed by atoms with E-state index in [1.165, 1.54) is 4.57 Å². The quantitative estimate of drug-likeness (QED) is 0.744. The lowest BCUT2D eigenvalue weighted by molar-refractivity contribution is 0.212. The monoisotopic (exact) mass is 318 g/mol. The molecule has 0 aromatic carbocycles. The second-order valence-corrected chi connectivity index (χ2v) is 5.26. The third-order valence-corrected chi connectivity index (χ3v) is 3.13. The molecule has 3 N–H and O–H groups in total. The van der Waals surface area contributed by atoms with Crippen LogP contribution in [-0.4, -0.2) is 38.3 Å². The van der Waals surface area contributed by atoms with Gasteiger partial charge in [-0.15, -0.1) is 5.92 Å². The standard InChI is InChI=1S/C15H22N6O2/c1-5-6-9-21-11-12(18-14(21)17-8-7-16)19-15(23-10(2)3)20(4)13(11)22/h10H,7-9,16H2,1-4H3,(H,17,18). The van der Waals surface area contributed by atoms with Crippen molar-refractivity contribution in [2.24, 2.45) is 12.8 Å². The van der Waals surface area contributed by atoms with E-state index in [0.29, 0.717) is 36.7 Å². The highest BCUT2D eigenvalue weighted by Gasteiger charge is 2.18. The number of fused-ring (bicyclic) bond motifs is 1. The first-order chi connectivity index (χ1) is 11.0. The number of nitrogens with two attached hydrogens (primary N) is 1. The molecule has 2 heterocycles. The zero-order valence-corrected chi connectivity index (χ0v) is 13.9. The second kappa shape index (κ2) is 7.15. The number of imidazole rings is 1. The van der Waals surface area contributed by atoms with Crippen molar-refractivity contribution in [2.75, 3.05) is 18.4 Å². The van der Waals surface area contributed by atoms with Crippen LogP contribution in [0.25, 0.3) is 11.2 Å². The van der Waals surface area contributed by atoms with Gasteiger partial charge in [0.15, 0.2) is 11.2 Å². The molecule has 8 heteroatoms. The number of aromatic nitrogens is 4. The fraction of sp³-hybridized carbons (Fsp3) is 0.533. The molecule has 8 nitrogen and oxygen atoms in total. The molecule has 0 atom stereocenters. The zero-order chi connectivity index (χ0) is 17.0. The summed E-state index contributed by atoms with van der Waals surface area (Å²) in [5.41, 5.74) is 6.03. The van der Waals surface area contributed by atoms with Gasteiger partial charge in [0.2, 0.25) is 5.95 Å². The van der Waals surface area contributed by atoms with E-state index in [4.69, 9.17) is 10.5 Å². The Morgan fingerprint density at radius 1 is 1.39 bits per heavy atom. The van der Waals surface area contributed by atoms with E-state index in [0.717, 1.165) is 0 Å². The number of anilines is 1. The first kappa shape index (κ1) is 16.8. The summed E-state index contributed by atoms with van der Waals surface area (Å²) in [6.45, 7) is 6.84. The van der Waals surface area contributed by atoms with Crippen molar-refractivity contribution >= 4 is 17.1 Å². The molecule has 0 spiro atoms. The van der Waals surface area contributed by atoms with Gasteiger partial charge in [-0.25, -0.2) is 0 Å². The van der Waals surface area contributed by atoms with Crippen molar-refractivity contribution in [1.82, 2.24) is 19.1 Å². The van der Waals surface area contributed by atoms with Gasteiger partial charge in [-0.3, -0.25) is 13.9 Å². The molecule has 0 aliphatic rings. The first-order valence-electron chi connectivity index (χ1n) is 7.47. The Morgan fingerprint density at radius 3 is 2.74 bits per heavy atom. The molecule has 0 saturated heterocycles. The molecule has 23 heavy (non-hydrogen) atoms. The Kier molecular flexibility index (Phi) is 5.24. The Balaban J connectivity index is 2.65. The van der Waals surface area contributed by atoms with Gasteiger partial charge in [0.1, 0.15) is 0 Å². The normalized spacial score (nSPS) is 10.7. The number of hydrogen-bond donors (Lipinski definition) is 2. The minimum Gasteiger partial charge on any atom is -0.462 e. The largest absolute Gasteiger partial charge is 0.462 e. The van der Waals surface area contributed by atoms with E-state index < -0.39 is 0 Å². The first-order valence-corrected chi connectivity index (χ1v) is 7.47. The number of nitrogens with zero attached hydrogens (tertiary/aromatic N) is 4. The molecule has 0 saturated carbocycles. The Morgan fingerprint density at radius 2 is 2.13 bits per heavy atom. The number of nitrogens with one attached hydrogen (secondary N) is 1. The summed E-state index contributed by atoms with van der Waals surface area (Å²) in [5.74, 6) is 6.30. The summed E-state index contributed by atoms with van der Waals surface area (Å²) >= 11 is 0. The van der Waals surface area contributed by atoms with Crippen LogP contribution in [0.4, 0.5) is 5.95 Å². The maximum Gasteiger partial charge on any atom is 0.301 e. The van der Waals surface area contributed by atoms with Gasteiger partial charge < -0.3 is 15.8 Å². The fourth-order valence-electron chi connectivity index (χ4n) is 2.09. The molecule has 124 valence electrons. The van der Waals surface area contributed by atoms with Crippen molar-refractivity contribution in [2.45, 2.75) is 33.4 Å². The van der Waals surface area contributed by atoms with Crippen molar-refractivity contribution < 1.29 is 4.74 Å². The van der Waals surface area contributed by atoms with Crippen LogP contribution in [0.2, 0.25) is 0 Å². The lowest BCUT2D eigenvalue weighted by Gasteiger charge is -2.12. The Bertz CT molecular complexity index is 809. The highest BCUT2D eigenvalue weighted by Crippen LogP contribution is 2.18. The van der Waals surface area contributed by atoms with Crippen molar-refractivity contribution in [3.63, 3.8) is 0 Å². The van der Waals surface area contributed by atoms with E-state index >= 15 is 0 Å². The Hall–Kier alpha value is -2.53. The van der Waals surface area contributed by atoms with Crippen LogP contribution >= 0.6 is 0 Å². The van der Waals surface area contributed by atoms with Gasteiger partial charge in [-0.1, -0.05) is 5.92 Å². The minimum absolute atomic E-state index is 0.0894. The van der Waals surface area contributed by atoms with E-state index in [2.05, 4.69) is 27.1 Å². The lowest BCUT2D eigenvalue weighted by atomic mass is 10.4. The van der Waals surface area contributed by atoms with Crippen molar-refractivity contribution in [3.05, 3.63) is 10.4 Å². The van der Waals surface area contributed by atoms with Crippen LogP contribution < -0.4 is 21.3 Å². The number of ether oxygens (including phenoxy) is 1. The van der Waals surface area contributed by atoms with Crippen LogP contribution in [0.15, 0.2) is 4.79 Å².